The first-order valence-electron chi connectivity index (χ1n) is 6.63. The van der Waals surface area contributed by atoms with Crippen molar-refractivity contribution in [2.24, 2.45) is 5.41 Å². The molecule has 1 aliphatic carbocycles. The zero-order chi connectivity index (χ0) is 13.0. The molecule has 0 spiro atoms. The van der Waals surface area contributed by atoms with E-state index in [0.717, 1.165) is 12.1 Å². The first-order chi connectivity index (χ1) is 8.64. The van der Waals surface area contributed by atoms with Gasteiger partial charge in [-0.3, -0.25) is 0 Å². The van der Waals surface area contributed by atoms with E-state index in [0.29, 0.717) is 16.1 Å². The molecule has 3 nitrogen and oxygen atoms in total. The zero-order valence-corrected chi connectivity index (χ0v) is 12.7. The highest BCUT2D eigenvalue weighted by atomic mass is 79.9. The lowest BCUT2D eigenvalue weighted by Gasteiger charge is -2.38. The van der Waals surface area contributed by atoms with Crippen LogP contribution >= 0.6 is 15.9 Å². The van der Waals surface area contributed by atoms with Gasteiger partial charge < -0.3 is 4.74 Å². The summed E-state index contributed by atoms with van der Waals surface area (Å²) in [6.45, 7) is 2.39. The quantitative estimate of drug-likeness (QED) is 0.794. The molecule has 4 heteroatoms. The van der Waals surface area contributed by atoms with Crippen molar-refractivity contribution in [1.82, 2.24) is 9.97 Å². The minimum atomic E-state index is 0.399. The Kier molecular flexibility index (Phi) is 4.60. The number of rotatable bonds is 4. The van der Waals surface area contributed by atoms with Crippen LogP contribution in [0.5, 0.6) is 5.88 Å². The highest BCUT2D eigenvalue weighted by Gasteiger charge is 2.34. The smallest absolute Gasteiger partial charge is 0.216 e. The maximum Gasteiger partial charge on any atom is 0.216 e. The molecule has 0 bridgehead atoms. The fourth-order valence-corrected chi connectivity index (χ4v) is 3.49. The van der Waals surface area contributed by atoms with Crippen LogP contribution in [0.1, 0.15) is 44.7 Å². The summed E-state index contributed by atoms with van der Waals surface area (Å²) in [4.78, 5) is 8.86. The van der Waals surface area contributed by atoms with E-state index in [2.05, 4.69) is 32.8 Å². The zero-order valence-electron chi connectivity index (χ0n) is 11.2. The van der Waals surface area contributed by atoms with Gasteiger partial charge in [0, 0.05) is 23.0 Å². The van der Waals surface area contributed by atoms with Crippen molar-refractivity contribution in [2.75, 3.05) is 7.11 Å². The Morgan fingerprint density at radius 1 is 1.33 bits per heavy atom. The van der Waals surface area contributed by atoms with Crippen LogP contribution in [0.2, 0.25) is 0 Å². The van der Waals surface area contributed by atoms with Crippen LogP contribution in [0.25, 0.3) is 0 Å². The van der Waals surface area contributed by atoms with E-state index < -0.39 is 0 Å². The molecule has 1 saturated carbocycles. The molecule has 1 aromatic rings. The van der Waals surface area contributed by atoms with E-state index >= 15 is 0 Å². The molecule has 1 heterocycles. The van der Waals surface area contributed by atoms with E-state index in [1.807, 2.05) is 6.07 Å². The number of alkyl halides is 1. The summed E-state index contributed by atoms with van der Waals surface area (Å²) in [6.07, 6.45) is 9.23. The molecule has 18 heavy (non-hydrogen) atoms. The van der Waals surface area contributed by atoms with E-state index in [9.17, 15) is 0 Å². The average molecular weight is 313 g/mol. The van der Waals surface area contributed by atoms with Gasteiger partial charge in [-0.25, -0.2) is 9.97 Å². The second kappa shape index (κ2) is 6.00. The first-order valence-corrected chi connectivity index (χ1v) is 7.54. The van der Waals surface area contributed by atoms with Gasteiger partial charge in [0.1, 0.15) is 6.33 Å². The summed E-state index contributed by atoms with van der Waals surface area (Å²) in [6, 6.07) is 1.93. The molecule has 1 aromatic heterocycles. The highest BCUT2D eigenvalue weighted by Crippen LogP contribution is 2.43. The lowest BCUT2D eigenvalue weighted by atomic mass is 9.72. The Labute approximate surface area is 117 Å². The Hall–Kier alpha value is -0.640. The lowest BCUT2D eigenvalue weighted by molar-refractivity contribution is 0.210. The number of methoxy groups -OCH3 is 1. The summed E-state index contributed by atoms with van der Waals surface area (Å²) >= 11 is 3.88. The second-order valence-electron chi connectivity index (χ2n) is 5.44. The Balaban J connectivity index is 2.03. The van der Waals surface area contributed by atoms with E-state index in [-0.39, 0.29) is 0 Å². The molecule has 1 fully saturated rings. The van der Waals surface area contributed by atoms with Crippen molar-refractivity contribution >= 4 is 15.9 Å². The standard InChI is InChI=1S/C14H21BrN2O/c1-14(6-4-3-5-7-14)12(15)8-11-9-13(18-2)17-10-16-11/h9-10,12H,3-8H2,1-2H3. The van der Waals surface area contributed by atoms with Gasteiger partial charge in [0.25, 0.3) is 0 Å². The molecular formula is C14H21BrN2O. The molecule has 1 unspecified atom stereocenters. The summed E-state index contributed by atoms with van der Waals surface area (Å²) in [5.74, 6) is 0.647. The average Bonchev–Trinajstić information content (AvgIpc) is 2.40. The molecule has 0 amide bonds. The van der Waals surface area contributed by atoms with Gasteiger partial charge in [-0.15, -0.1) is 0 Å². The predicted molar refractivity (Wildman–Crippen MR) is 76.2 cm³/mol. The summed E-state index contributed by atoms with van der Waals surface area (Å²) in [7, 11) is 1.64. The molecule has 0 aliphatic heterocycles. The summed E-state index contributed by atoms with van der Waals surface area (Å²) in [5, 5.41) is 0. The van der Waals surface area contributed by atoms with E-state index in [1.54, 1.807) is 13.4 Å². The van der Waals surface area contributed by atoms with Crippen LogP contribution in [0.3, 0.4) is 0 Å². The van der Waals surface area contributed by atoms with Crippen LogP contribution in [-0.2, 0) is 6.42 Å². The van der Waals surface area contributed by atoms with E-state index in [1.165, 1.54) is 32.1 Å². The predicted octanol–water partition coefficient (Wildman–Crippen LogP) is 3.76. The fraction of sp³-hybridized carbons (Fsp3) is 0.714. The lowest BCUT2D eigenvalue weighted by Crippen LogP contribution is -2.32. The van der Waals surface area contributed by atoms with Gasteiger partial charge >= 0.3 is 0 Å². The Bertz CT molecular complexity index is 391. The third-order valence-corrected chi connectivity index (χ3v) is 5.48. The molecule has 1 aliphatic rings. The van der Waals surface area contributed by atoms with Crippen LogP contribution in [0.15, 0.2) is 12.4 Å². The van der Waals surface area contributed by atoms with Gasteiger partial charge in [-0.1, -0.05) is 42.1 Å². The third-order valence-electron chi connectivity index (χ3n) is 4.05. The van der Waals surface area contributed by atoms with Crippen molar-refractivity contribution in [3.05, 3.63) is 18.1 Å². The SMILES string of the molecule is COc1cc(CC(Br)C2(C)CCCCC2)ncn1. The maximum absolute atomic E-state index is 5.14. The number of aromatic nitrogens is 2. The summed E-state index contributed by atoms with van der Waals surface area (Å²) < 4.78 is 5.14. The molecule has 0 saturated heterocycles. The van der Waals surface area contributed by atoms with Crippen molar-refractivity contribution in [1.29, 1.82) is 0 Å². The minimum absolute atomic E-state index is 0.399. The molecule has 2 rings (SSSR count). The fourth-order valence-electron chi connectivity index (χ4n) is 2.70. The topological polar surface area (TPSA) is 35.0 Å². The van der Waals surface area contributed by atoms with Gasteiger partial charge in [-0.05, 0) is 18.3 Å². The van der Waals surface area contributed by atoms with Crippen molar-refractivity contribution in [3.63, 3.8) is 0 Å². The monoisotopic (exact) mass is 312 g/mol. The van der Waals surface area contributed by atoms with Gasteiger partial charge in [0.05, 0.1) is 7.11 Å². The second-order valence-corrected chi connectivity index (χ2v) is 6.54. The third kappa shape index (κ3) is 3.22. The minimum Gasteiger partial charge on any atom is -0.481 e. The number of nitrogens with zero attached hydrogens (tertiary/aromatic N) is 2. The highest BCUT2D eigenvalue weighted by molar-refractivity contribution is 9.09. The molecule has 100 valence electrons. The van der Waals surface area contributed by atoms with Crippen molar-refractivity contribution < 1.29 is 4.74 Å². The number of hydrogen-bond acceptors (Lipinski definition) is 3. The van der Waals surface area contributed by atoms with Crippen LogP contribution < -0.4 is 4.74 Å². The first kappa shape index (κ1) is 13.8. The number of hydrogen-bond donors (Lipinski definition) is 0. The molecule has 0 N–H and O–H groups in total. The van der Waals surface area contributed by atoms with Gasteiger partial charge in [0.2, 0.25) is 5.88 Å². The molecule has 1 atom stereocenters. The number of halogens is 1. The Morgan fingerprint density at radius 2 is 2.06 bits per heavy atom. The van der Waals surface area contributed by atoms with Crippen molar-refractivity contribution in [3.8, 4) is 5.88 Å². The Morgan fingerprint density at radius 3 is 2.72 bits per heavy atom. The molecular weight excluding hydrogens is 292 g/mol. The van der Waals surface area contributed by atoms with Crippen molar-refractivity contribution in [2.45, 2.75) is 50.3 Å². The summed E-state index contributed by atoms with van der Waals surface area (Å²) in [5.41, 5.74) is 1.45. The maximum atomic E-state index is 5.14. The van der Waals surface area contributed by atoms with Crippen LogP contribution in [0, 0.1) is 5.41 Å². The van der Waals surface area contributed by atoms with Gasteiger partial charge in [0.15, 0.2) is 0 Å². The molecule has 0 radical (unpaired) electrons. The van der Waals surface area contributed by atoms with Crippen LogP contribution in [0.4, 0.5) is 0 Å². The number of ether oxygens (including phenoxy) is 1. The normalized spacial score (nSPS) is 20.4. The molecule has 0 aromatic carbocycles. The largest absolute Gasteiger partial charge is 0.481 e. The van der Waals surface area contributed by atoms with E-state index in [4.69, 9.17) is 4.74 Å². The van der Waals surface area contributed by atoms with Crippen LogP contribution in [-0.4, -0.2) is 21.9 Å². The van der Waals surface area contributed by atoms with Gasteiger partial charge in [-0.2, -0.15) is 0 Å².